The summed E-state index contributed by atoms with van der Waals surface area (Å²) in [5.41, 5.74) is 1.98. The minimum atomic E-state index is -0.383. The Morgan fingerprint density at radius 3 is 2.46 bits per heavy atom. The lowest BCUT2D eigenvalue weighted by Crippen LogP contribution is -2.20. The van der Waals surface area contributed by atoms with Gasteiger partial charge in [0.1, 0.15) is 22.8 Å². The molecule has 7 heteroatoms. The van der Waals surface area contributed by atoms with E-state index < -0.39 is 0 Å². The van der Waals surface area contributed by atoms with Gasteiger partial charge in [-0.2, -0.15) is 0 Å². The normalized spacial score (nSPS) is 10.6. The van der Waals surface area contributed by atoms with E-state index >= 15 is 0 Å². The number of anilines is 1. The van der Waals surface area contributed by atoms with Crippen molar-refractivity contribution in [2.45, 2.75) is 13.8 Å². The van der Waals surface area contributed by atoms with E-state index in [9.17, 15) is 9.59 Å². The number of amides is 1. The lowest BCUT2D eigenvalue weighted by molar-refractivity contribution is -0.118. The zero-order chi connectivity index (χ0) is 20.3. The van der Waals surface area contributed by atoms with Crippen LogP contribution in [0.3, 0.4) is 0 Å². The Morgan fingerprint density at radius 2 is 1.75 bits per heavy atom. The van der Waals surface area contributed by atoms with Crippen LogP contribution >= 0.6 is 0 Å². The molecular weight excluding hydrogens is 362 g/mol. The number of nitrogens with one attached hydrogen (secondary N) is 1. The van der Waals surface area contributed by atoms with Crippen LogP contribution < -0.4 is 25.2 Å². The molecule has 0 aliphatic rings. The molecule has 0 saturated heterocycles. The third kappa shape index (κ3) is 3.93. The number of benzene rings is 2. The number of carbonyl (C=O) groups excluding carboxylic acids is 1. The van der Waals surface area contributed by atoms with Crippen molar-refractivity contribution in [2.24, 2.45) is 0 Å². The third-order valence-corrected chi connectivity index (χ3v) is 4.48. The maximum Gasteiger partial charge on any atom is 0.339 e. The van der Waals surface area contributed by atoms with Crippen molar-refractivity contribution in [2.75, 3.05) is 26.1 Å². The van der Waals surface area contributed by atoms with Gasteiger partial charge in [0.25, 0.3) is 5.91 Å². The average molecular weight is 383 g/mol. The van der Waals surface area contributed by atoms with Crippen LogP contribution in [0, 0.1) is 13.8 Å². The minimum absolute atomic E-state index is 0.213. The first kappa shape index (κ1) is 19.3. The number of carbonyl (C=O) groups is 1. The van der Waals surface area contributed by atoms with Crippen LogP contribution in [-0.4, -0.2) is 26.7 Å². The van der Waals surface area contributed by atoms with E-state index in [2.05, 4.69) is 5.32 Å². The zero-order valence-corrected chi connectivity index (χ0v) is 16.1. The van der Waals surface area contributed by atoms with E-state index in [1.807, 2.05) is 6.92 Å². The molecule has 0 atom stereocenters. The molecule has 3 aromatic rings. The molecule has 0 bridgehead atoms. The van der Waals surface area contributed by atoms with E-state index in [0.29, 0.717) is 34.1 Å². The number of rotatable bonds is 6. The summed E-state index contributed by atoms with van der Waals surface area (Å²) in [5.74, 6) is 1.17. The highest BCUT2D eigenvalue weighted by Gasteiger charge is 2.11. The van der Waals surface area contributed by atoms with E-state index in [1.54, 1.807) is 50.4 Å². The SMILES string of the molecule is COc1ccc(NC(=O)COc2ccc3c(C)c(C)c(=O)oc3c2)c(OC)c1. The molecule has 0 fully saturated rings. The number of fused-ring (bicyclic) bond motifs is 1. The summed E-state index contributed by atoms with van der Waals surface area (Å²) in [6, 6.07) is 10.2. The first-order valence-electron chi connectivity index (χ1n) is 8.61. The lowest BCUT2D eigenvalue weighted by Gasteiger charge is -2.12. The van der Waals surface area contributed by atoms with Crippen LogP contribution in [0.25, 0.3) is 11.0 Å². The fourth-order valence-electron chi connectivity index (χ4n) is 2.76. The second kappa shape index (κ2) is 8.04. The number of hydrogen-bond donors (Lipinski definition) is 1. The quantitative estimate of drug-likeness (QED) is 0.656. The van der Waals surface area contributed by atoms with Crippen LogP contribution in [0.4, 0.5) is 5.69 Å². The summed E-state index contributed by atoms with van der Waals surface area (Å²) in [7, 11) is 3.06. The summed E-state index contributed by atoms with van der Waals surface area (Å²) in [6.45, 7) is 3.38. The summed E-state index contributed by atoms with van der Waals surface area (Å²) in [4.78, 5) is 24.1. The molecule has 0 spiro atoms. The van der Waals surface area contributed by atoms with E-state index in [0.717, 1.165) is 10.9 Å². The van der Waals surface area contributed by atoms with Crippen molar-refractivity contribution < 1.29 is 23.4 Å². The fourth-order valence-corrected chi connectivity index (χ4v) is 2.76. The Bertz CT molecular complexity index is 1090. The fraction of sp³-hybridized carbons (Fsp3) is 0.238. The number of ether oxygens (including phenoxy) is 3. The van der Waals surface area contributed by atoms with Crippen molar-refractivity contribution in [3.05, 3.63) is 57.9 Å². The largest absolute Gasteiger partial charge is 0.497 e. The predicted octanol–water partition coefficient (Wildman–Crippen LogP) is 3.44. The van der Waals surface area contributed by atoms with Gasteiger partial charge in [0.2, 0.25) is 0 Å². The maximum absolute atomic E-state index is 12.2. The first-order chi connectivity index (χ1) is 13.4. The topological polar surface area (TPSA) is 87.0 Å². The zero-order valence-electron chi connectivity index (χ0n) is 16.1. The summed E-state index contributed by atoms with van der Waals surface area (Å²) in [5, 5.41) is 3.56. The Morgan fingerprint density at radius 1 is 1.00 bits per heavy atom. The molecular formula is C21H21NO6. The van der Waals surface area contributed by atoms with Gasteiger partial charge in [-0.05, 0) is 43.7 Å². The van der Waals surface area contributed by atoms with E-state index in [4.69, 9.17) is 18.6 Å². The summed E-state index contributed by atoms with van der Waals surface area (Å²) >= 11 is 0. The smallest absolute Gasteiger partial charge is 0.339 e. The number of hydrogen-bond acceptors (Lipinski definition) is 6. The Labute approximate surface area is 161 Å². The molecule has 1 heterocycles. The second-order valence-corrected chi connectivity index (χ2v) is 6.20. The molecule has 0 saturated carbocycles. The maximum atomic E-state index is 12.2. The number of methoxy groups -OCH3 is 2. The molecule has 1 aromatic heterocycles. The van der Waals surface area contributed by atoms with Crippen molar-refractivity contribution in [1.82, 2.24) is 0 Å². The molecule has 3 rings (SSSR count). The van der Waals surface area contributed by atoms with Gasteiger partial charge in [-0.1, -0.05) is 0 Å². The molecule has 28 heavy (non-hydrogen) atoms. The molecule has 0 aliphatic heterocycles. The van der Waals surface area contributed by atoms with Gasteiger partial charge in [-0.15, -0.1) is 0 Å². The van der Waals surface area contributed by atoms with Crippen LogP contribution in [0.5, 0.6) is 17.2 Å². The first-order valence-corrected chi connectivity index (χ1v) is 8.61. The molecule has 1 amide bonds. The molecule has 7 nitrogen and oxygen atoms in total. The highest BCUT2D eigenvalue weighted by molar-refractivity contribution is 5.93. The third-order valence-electron chi connectivity index (χ3n) is 4.48. The van der Waals surface area contributed by atoms with Gasteiger partial charge in [0.15, 0.2) is 6.61 Å². The van der Waals surface area contributed by atoms with Gasteiger partial charge in [0, 0.05) is 23.1 Å². The van der Waals surface area contributed by atoms with Gasteiger partial charge in [-0.3, -0.25) is 4.79 Å². The van der Waals surface area contributed by atoms with Gasteiger partial charge in [0.05, 0.1) is 19.9 Å². The Hall–Kier alpha value is -3.48. The molecule has 146 valence electrons. The molecule has 0 unspecified atom stereocenters. The molecule has 0 radical (unpaired) electrons. The lowest BCUT2D eigenvalue weighted by atomic mass is 10.1. The van der Waals surface area contributed by atoms with Crippen LogP contribution in [0.15, 0.2) is 45.6 Å². The van der Waals surface area contributed by atoms with E-state index in [1.165, 1.54) is 7.11 Å². The molecule has 2 aromatic carbocycles. The van der Waals surface area contributed by atoms with Crippen LogP contribution in [0.2, 0.25) is 0 Å². The Kier molecular flexibility index (Phi) is 5.54. The van der Waals surface area contributed by atoms with Gasteiger partial charge in [-0.25, -0.2) is 4.79 Å². The average Bonchev–Trinajstić information content (AvgIpc) is 2.70. The van der Waals surface area contributed by atoms with Crippen molar-refractivity contribution >= 4 is 22.6 Å². The monoisotopic (exact) mass is 383 g/mol. The summed E-state index contributed by atoms with van der Waals surface area (Å²) < 4.78 is 21.2. The highest BCUT2D eigenvalue weighted by atomic mass is 16.5. The van der Waals surface area contributed by atoms with Gasteiger partial charge < -0.3 is 23.9 Å². The minimum Gasteiger partial charge on any atom is -0.497 e. The van der Waals surface area contributed by atoms with Crippen molar-refractivity contribution in [1.29, 1.82) is 0 Å². The highest BCUT2D eigenvalue weighted by Crippen LogP contribution is 2.29. The number of aryl methyl sites for hydroxylation is 1. The second-order valence-electron chi connectivity index (χ2n) is 6.20. The van der Waals surface area contributed by atoms with E-state index in [-0.39, 0.29) is 18.1 Å². The molecule has 0 aliphatic carbocycles. The van der Waals surface area contributed by atoms with Gasteiger partial charge >= 0.3 is 5.63 Å². The molecule has 1 N–H and O–H groups in total. The van der Waals surface area contributed by atoms with Crippen molar-refractivity contribution in [3.8, 4) is 17.2 Å². The Balaban J connectivity index is 1.71. The summed E-state index contributed by atoms with van der Waals surface area (Å²) in [6.07, 6.45) is 0. The predicted molar refractivity (Wildman–Crippen MR) is 106 cm³/mol. The standard InChI is InChI=1S/C21H21NO6/c1-12-13(2)21(24)28-18-10-15(5-7-16(12)18)27-11-20(23)22-17-8-6-14(25-3)9-19(17)26-4/h5-10H,11H2,1-4H3,(H,22,23). The van der Waals surface area contributed by atoms with Crippen molar-refractivity contribution in [3.63, 3.8) is 0 Å². The van der Waals surface area contributed by atoms with Crippen LogP contribution in [-0.2, 0) is 4.79 Å². The van der Waals surface area contributed by atoms with Crippen LogP contribution in [0.1, 0.15) is 11.1 Å².